The number of carbonyl (C=O) groups excluding carboxylic acids is 1. The average Bonchev–Trinajstić information content (AvgIpc) is 3.20. The third kappa shape index (κ3) is 6.95. The van der Waals surface area contributed by atoms with Gasteiger partial charge in [-0.15, -0.1) is 23.7 Å². The number of methoxy groups -OCH3 is 2. The number of aromatic nitrogens is 1. The molecule has 0 aliphatic carbocycles. The number of nitrogens with one attached hydrogen (secondary N) is 1. The van der Waals surface area contributed by atoms with E-state index < -0.39 is 10.0 Å². The van der Waals surface area contributed by atoms with Crippen molar-refractivity contribution in [1.82, 2.24) is 14.2 Å². The lowest BCUT2D eigenvalue weighted by atomic mass is 10.2. The molecule has 184 valence electrons. The fraction of sp³-hybridized carbons (Fsp3) is 0.524. The Hall–Kier alpha value is -1.60. The standard InChI is InChI=1S/C21H30N4O5S2.ClH/c1-4-24-10-9-18-19(15-24)31-21(22-18)23-20(26)16-5-7-17(8-6-16)32(27,28)25(11-13-29-2)12-14-30-3;/h5-8H,4,9-15H2,1-3H3,(H,22,23,26);1H. The molecule has 1 aliphatic rings. The first kappa shape index (κ1) is 27.6. The fourth-order valence-corrected chi connectivity index (χ4v) is 5.86. The number of nitrogens with zero attached hydrogens (tertiary/aromatic N) is 3. The summed E-state index contributed by atoms with van der Waals surface area (Å²) in [5.74, 6) is -0.317. The number of ether oxygens (including phenoxy) is 2. The number of anilines is 1. The second-order valence-electron chi connectivity index (χ2n) is 7.38. The molecule has 0 bridgehead atoms. The molecule has 12 heteroatoms. The van der Waals surface area contributed by atoms with Gasteiger partial charge in [0, 0.05) is 57.3 Å². The molecule has 1 N–H and O–H groups in total. The number of halogens is 1. The van der Waals surface area contributed by atoms with E-state index in [9.17, 15) is 13.2 Å². The monoisotopic (exact) mass is 518 g/mol. The van der Waals surface area contributed by atoms with E-state index in [0.717, 1.165) is 31.7 Å². The van der Waals surface area contributed by atoms with Crippen LogP contribution >= 0.6 is 23.7 Å². The molecule has 9 nitrogen and oxygen atoms in total. The van der Waals surface area contributed by atoms with Crippen LogP contribution in [-0.4, -0.2) is 82.1 Å². The predicted octanol–water partition coefficient (Wildman–Crippen LogP) is 2.48. The number of likely N-dealkylation sites (N-methyl/N-ethyl adjacent to an activating group) is 1. The molecule has 1 aliphatic heterocycles. The summed E-state index contributed by atoms with van der Waals surface area (Å²) in [6.45, 7) is 5.93. The number of carbonyl (C=O) groups is 1. The van der Waals surface area contributed by atoms with Crippen molar-refractivity contribution < 1.29 is 22.7 Å². The minimum atomic E-state index is -3.73. The highest BCUT2D eigenvalue weighted by Gasteiger charge is 2.25. The highest BCUT2D eigenvalue weighted by atomic mass is 35.5. The van der Waals surface area contributed by atoms with Gasteiger partial charge in [0.15, 0.2) is 5.13 Å². The van der Waals surface area contributed by atoms with Gasteiger partial charge in [-0.25, -0.2) is 13.4 Å². The quantitative estimate of drug-likeness (QED) is 0.487. The number of hydrogen-bond donors (Lipinski definition) is 1. The Morgan fingerprint density at radius 3 is 2.39 bits per heavy atom. The first-order chi connectivity index (χ1) is 15.4. The van der Waals surface area contributed by atoms with Crippen LogP contribution in [0.1, 0.15) is 27.9 Å². The first-order valence-electron chi connectivity index (χ1n) is 10.5. The zero-order valence-electron chi connectivity index (χ0n) is 19.1. The summed E-state index contributed by atoms with van der Waals surface area (Å²) in [4.78, 5) is 20.9. The van der Waals surface area contributed by atoms with Gasteiger partial charge in [0.05, 0.1) is 23.8 Å². The Morgan fingerprint density at radius 1 is 1.18 bits per heavy atom. The molecule has 1 aromatic carbocycles. The predicted molar refractivity (Wildman–Crippen MR) is 131 cm³/mol. The van der Waals surface area contributed by atoms with Crippen molar-refractivity contribution in [1.29, 1.82) is 0 Å². The number of rotatable bonds is 11. The van der Waals surface area contributed by atoms with Crippen LogP contribution in [0.5, 0.6) is 0 Å². The minimum Gasteiger partial charge on any atom is -0.383 e. The normalized spacial score (nSPS) is 14.1. The van der Waals surface area contributed by atoms with Crippen LogP contribution < -0.4 is 5.32 Å². The summed E-state index contributed by atoms with van der Waals surface area (Å²) < 4.78 is 37.3. The summed E-state index contributed by atoms with van der Waals surface area (Å²) in [5.41, 5.74) is 1.41. The highest BCUT2D eigenvalue weighted by molar-refractivity contribution is 7.89. The van der Waals surface area contributed by atoms with Crippen LogP contribution in [0.2, 0.25) is 0 Å². The molecule has 2 aromatic rings. The zero-order chi connectivity index (χ0) is 23.1. The Bertz CT molecular complexity index is 1010. The summed E-state index contributed by atoms with van der Waals surface area (Å²) >= 11 is 1.49. The molecular formula is C21H31ClN4O5S2. The van der Waals surface area contributed by atoms with E-state index in [1.807, 2.05) is 0 Å². The first-order valence-corrected chi connectivity index (χ1v) is 12.7. The number of hydrogen-bond acceptors (Lipinski definition) is 8. The summed E-state index contributed by atoms with van der Waals surface area (Å²) in [7, 11) is -0.688. The molecule has 1 amide bonds. The van der Waals surface area contributed by atoms with Gasteiger partial charge in [-0.05, 0) is 30.8 Å². The van der Waals surface area contributed by atoms with Gasteiger partial charge in [0.1, 0.15) is 0 Å². The van der Waals surface area contributed by atoms with E-state index in [1.54, 1.807) is 0 Å². The molecule has 0 spiro atoms. The maximum Gasteiger partial charge on any atom is 0.257 e. The molecule has 33 heavy (non-hydrogen) atoms. The smallest absolute Gasteiger partial charge is 0.257 e. The molecular weight excluding hydrogens is 488 g/mol. The molecule has 1 aromatic heterocycles. The van der Waals surface area contributed by atoms with E-state index in [4.69, 9.17) is 9.47 Å². The van der Waals surface area contributed by atoms with Crippen molar-refractivity contribution >= 4 is 44.8 Å². The second-order valence-corrected chi connectivity index (χ2v) is 10.4. The van der Waals surface area contributed by atoms with E-state index in [1.165, 1.54) is 59.0 Å². The third-order valence-corrected chi connectivity index (χ3v) is 8.23. The summed E-state index contributed by atoms with van der Waals surface area (Å²) in [6.07, 6.45) is 0.880. The number of amides is 1. The zero-order valence-corrected chi connectivity index (χ0v) is 21.5. The fourth-order valence-electron chi connectivity index (χ4n) is 3.41. The topological polar surface area (TPSA) is 101 Å². The second kappa shape index (κ2) is 12.7. The van der Waals surface area contributed by atoms with E-state index in [-0.39, 0.29) is 49.5 Å². The van der Waals surface area contributed by atoms with Gasteiger partial charge < -0.3 is 9.47 Å². The maximum absolute atomic E-state index is 13.0. The molecule has 0 atom stereocenters. The van der Waals surface area contributed by atoms with E-state index >= 15 is 0 Å². The Morgan fingerprint density at radius 2 is 1.82 bits per heavy atom. The lowest BCUT2D eigenvalue weighted by molar-refractivity contribution is 0.102. The van der Waals surface area contributed by atoms with Gasteiger partial charge in [-0.1, -0.05) is 6.92 Å². The average molecular weight is 519 g/mol. The van der Waals surface area contributed by atoms with Crippen LogP contribution in [0, 0.1) is 0 Å². The molecule has 0 fully saturated rings. The van der Waals surface area contributed by atoms with Crippen LogP contribution in [0.4, 0.5) is 5.13 Å². The minimum absolute atomic E-state index is 0. The number of sulfonamides is 1. The van der Waals surface area contributed by atoms with Crippen molar-refractivity contribution in [2.24, 2.45) is 0 Å². The Labute approximate surface area is 205 Å². The van der Waals surface area contributed by atoms with E-state index in [2.05, 4.69) is 22.1 Å². The molecule has 0 saturated carbocycles. The SMILES string of the molecule is CCN1CCc2nc(NC(=O)c3ccc(S(=O)(=O)N(CCOC)CCOC)cc3)sc2C1.Cl. The largest absolute Gasteiger partial charge is 0.383 e. The van der Waals surface area contributed by atoms with Gasteiger partial charge in [-0.3, -0.25) is 15.0 Å². The molecule has 2 heterocycles. The van der Waals surface area contributed by atoms with Crippen LogP contribution in [0.3, 0.4) is 0 Å². The third-order valence-electron chi connectivity index (χ3n) is 5.32. The number of fused-ring (bicyclic) bond motifs is 1. The molecule has 0 radical (unpaired) electrons. The van der Waals surface area contributed by atoms with Crippen molar-refractivity contribution in [2.45, 2.75) is 24.8 Å². The summed E-state index contributed by atoms with van der Waals surface area (Å²) in [5, 5.41) is 3.41. The lowest BCUT2D eigenvalue weighted by Crippen LogP contribution is -2.36. The highest BCUT2D eigenvalue weighted by Crippen LogP contribution is 2.28. The van der Waals surface area contributed by atoms with Crippen LogP contribution in [-0.2, 0) is 32.5 Å². The molecule has 0 unspecified atom stereocenters. The van der Waals surface area contributed by atoms with Crippen molar-refractivity contribution in [3.05, 3.63) is 40.4 Å². The number of benzene rings is 1. The van der Waals surface area contributed by atoms with Gasteiger partial charge in [0.25, 0.3) is 5.91 Å². The van der Waals surface area contributed by atoms with Gasteiger partial charge in [0.2, 0.25) is 10.0 Å². The lowest BCUT2D eigenvalue weighted by Gasteiger charge is -2.23. The Balaban J connectivity index is 0.00000385. The molecule has 0 saturated heterocycles. The van der Waals surface area contributed by atoms with Gasteiger partial charge in [-0.2, -0.15) is 4.31 Å². The Kier molecular flexibility index (Phi) is 10.7. The summed E-state index contributed by atoms with van der Waals surface area (Å²) in [6, 6.07) is 5.92. The maximum atomic E-state index is 13.0. The van der Waals surface area contributed by atoms with Crippen LogP contribution in [0.15, 0.2) is 29.2 Å². The van der Waals surface area contributed by atoms with E-state index in [0.29, 0.717) is 10.7 Å². The van der Waals surface area contributed by atoms with Crippen LogP contribution in [0.25, 0.3) is 0 Å². The van der Waals surface area contributed by atoms with Crippen molar-refractivity contribution in [3.63, 3.8) is 0 Å². The number of thiazole rings is 1. The van der Waals surface area contributed by atoms with Crippen molar-refractivity contribution in [2.75, 3.05) is 58.9 Å². The van der Waals surface area contributed by atoms with Crippen molar-refractivity contribution in [3.8, 4) is 0 Å². The van der Waals surface area contributed by atoms with Gasteiger partial charge >= 0.3 is 0 Å². The molecule has 3 rings (SSSR count).